The molecule has 0 aliphatic rings. The maximum Gasteiger partial charge on any atom is 0.416 e. The fourth-order valence-corrected chi connectivity index (χ4v) is 3.19. The largest absolute Gasteiger partial charge is 0.478 e. The monoisotopic (exact) mass is 391 g/mol. The molecule has 1 N–H and O–H groups in total. The summed E-state index contributed by atoms with van der Waals surface area (Å²) in [5, 5.41) is 9.96. The van der Waals surface area contributed by atoms with Gasteiger partial charge in [0, 0.05) is 29.1 Å². The van der Waals surface area contributed by atoms with Crippen molar-refractivity contribution < 1.29 is 23.1 Å². The summed E-state index contributed by atoms with van der Waals surface area (Å²) in [4.78, 5) is 11.2. The predicted octanol–water partition coefficient (Wildman–Crippen LogP) is 6.56. The van der Waals surface area contributed by atoms with Crippen LogP contribution in [0.15, 0.2) is 48.5 Å². The van der Waals surface area contributed by atoms with Crippen LogP contribution >= 0.6 is 0 Å². The van der Waals surface area contributed by atoms with Crippen LogP contribution in [0.2, 0.25) is 0 Å². The molecule has 28 heavy (non-hydrogen) atoms. The molecular weight excluding hydrogens is 367 g/mol. The first-order chi connectivity index (χ1) is 13.2. The van der Waals surface area contributed by atoms with Gasteiger partial charge in [0.05, 0.1) is 11.1 Å². The topological polar surface area (TPSA) is 42.2 Å². The van der Waals surface area contributed by atoms with E-state index in [4.69, 9.17) is 5.11 Å². The van der Waals surface area contributed by atoms with Gasteiger partial charge in [-0.25, -0.2) is 4.79 Å². The fraction of sp³-hybridized carbons (Fsp3) is 0.318. The normalized spacial score (nSPS) is 11.4. The van der Waals surface area contributed by atoms with E-state index in [0.717, 1.165) is 34.3 Å². The predicted molar refractivity (Wildman–Crippen MR) is 105 cm³/mol. The maximum atomic E-state index is 12.7. The van der Waals surface area contributed by atoms with E-state index in [1.165, 1.54) is 12.1 Å². The minimum Gasteiger partial charge on any atom is -0.478 e. The van der Waals surface area contributed by atoms with Crippen LogP contribution in [0.1, 0.15) is 60.9 Å². The first-order valence-electron chi connectivity index (χ1n) is 9.20. The van der Waals surface area contributed by atoms with Crippen LogP contribution in [-0.2, 0) is 12.6 Å². The molecule has 6 heteroatoms. The first kappa shape index (κ1) is 21.5. The minimum atomic E-state index is -4.35. The van der Waals surface area contributed by atoms with Gasteiger partial charge in [-0.15, -0.1) is 0 Å². The quantitative estimate of drug-likeness (QED) is 0.547. The molecule has 0 saturated carbocycles. The lowest BCUT2D eigenvalue weighted by Crippen LogP contribution is -2.07. The Hall–Kier alpha value is -2.76. The lowest BCUT2D eigenvalue weighted by molar-refractivity contribution is -0.137. The Bertz CT molecular complexity index is 954. The molecule has 0 bridgehead atoms. The molecular formula is C22H24F3NO2. The molecule has 3 aromatic rings. The van der Waals surface area contributed by atoms with Gasteiger partial charge in [0.1, 0.15) is 0 Å². The van der Waals surface area contributed by atoms with Gasteiger partial charge in [-0.3, -0.25) is 0 Å². The number of halogens is 3. The average Bonchev–Trinajstić information content (AvgIpc) is 3.00. The van der Waals surface area contributed by atoms with Gasteiger partial charge in [0.15, 0.2) is 0 Å². The smallest absolute Gasteiger partial charge is 0.416 e. The van der Waals surface area contributed by atoms with Crippen molar-refractivity contribution in [3.63, 3.8) is 0 Å². The maximum absolute atomic E-state index is 12.7. The van der Waals surface area contributed by atoms with E-state index in [1.54, 1.807) is 18.2 Å². The number of fused-ring (bicyclic) bond motifs is 1. The van der Waals surface area contributed by atoms with E-state index in [-0.39, 0.29) is 11.6 Å². The number of hydrogen-bond donors (Lipinski definition) is 1. The Morgan fingerprint density at radius 3 is 2.14 bits per heavy atom. The fourth-order valence-electron chi connectivity index (χ4n) is 3.19. The lowest BCUT2D eigenvalue weighted by atomic mass is 10.1. The van der Waals surface area contributed by atoms with Crippen molar-refractivity contribution in [2.45, 2.75) is 46.3 Å². The van der Waals surface area contributed by atoms with E-state index in [2.05, 4.69) is 4.57 Å². The van der Waals surface area contributed by atoms with E-state index in [0.29, 0.717) is 6.42 Å². The number of alkyl halides is 3. The van der Waals surface area contributed by atoms with Crippen molar-refractivity contribution in [2.24, 2.45) is 0 Å². The number of nitrogens with zero attached hydrogens (tertiary/aromatic N) is 1. The zero-order valence-electron chi connectivity index (χ0n) is 16.3. The van der Waals surface area contributed by atoms with Crippen molar-refractivity contribution in [1.82, 2.24) is 4.57 Å². The highest BCUT2D eigenvalue weighted by Crippen LogP contribution is 2.30. The van der Waals surface area contributed by atoms with Gasteiger partial charge in [-0.1, -0.05) is 26.0 Å². The molecule has 0 aliphatic heterocycles. The van der Waals surface area contributed by atoms with Crippen LogP contribution in [0.4, 0.5) is 13.2 Å². The van der Waals surface area contributed by atoms with Crippen molar-refractivity contribution in [3.05, 3.63) is 70.9 Å². The Morgan fingerprint density at radius 2 is 1.64 bits per heavy atom. The summed E-state index contributed by atoms with van der Waals surface area (Å²) in [6.45, 7) is 8.03. The van der Waals surface area contributed by atoms with E-state index >= 15 is 0 Å². The number of aromatic carboxylic acids is 1. The first-order valence-corrected chi connectivity index (χ1v) is 9.20. The SMILES string of the molecule is CC.CC(C)n1c(Cc2ccc(C(F)(F)F)cc2)cc2cc(C(=O)O)ccc21. The molecule has 0 amide bonds. The molecule has 0 unspecified atom stereocenters. The number of hydrogen-bond acceptors (Lipinski definition) is 1. The lowest BCUT2D eigenvalue weighted by Gasteiger charge is -2.15. The molecule has 3 nitrogen and oxygen atoms in total. The molecule has 0 aliphatic carbocycles. The Balaban J connectivity index is 0.00000136. The molecule has 0 spiro atoms. The highest BCUT2D eigenvalue weighted by Gasteiger charge is 2.30. The summed E-state index contributed by atoms with van der Waals surface area (Å²) in [5.41, 5.74) is 2.14. The summed E-state index contributed by atoms with van der Waals surface area (Å²) in [7, 11) is 0. The van der Waals surface area contributed by atoms with E-state index < -0.39 is 17.7 Å². The molecule has 0 saturated heterocycles. The third-order valence-corrected chi connectivity index (χ3v) is 4.35. The molecule has 0 radical (unpaired) electrons. The van der Waals surface area contributed by atoms with E-state index in [1.807, 2.05) is 33.8 Å². The van der Waals surface area contributed by atoms with Gasteiger partial charge < -0.3 is 9.67 Å². The Labute approximate surface area is 162 Å². The molecule has 0 atom stereocenters. The highest BCUT2D eigenvalue weighted by atomic mass is 19.4. The number of carboxylic acid groups (broad SMARTS) is 1. The Kier molecular flexibility index (Phi) is 6.54. The third-order valence-electron chi connectivity index (χ3n) is 4.35. The van der Waals surface area contributed by atoms with Crippen molar-refractivity contribution in [1.29, 1.82) is 0 Å². The molecule has 2 aromatic carbocycles. The van der Waals surface area contributed by atoms with Crippen LogP contribution in [-0.4, -0.2) is 15.6 Å². The molecule has 1 heterocycles. The van der Waals surface area contributed by atoms with Crippen molar-refractivity contribution in [3.8, 4) is 0 Å². The van der Waals surface area contributed by atoms with Gasteiger partial charge >= 0.3 is 12.1 Å². The summed E-state index contributed by atoms with van der Waals surface area (Å²) in [6, 6.07) is 12.1. The van der Waals surface area contributed by atoms with E-state index in [9.17, 15) is 18.0 Å². The number of rotatable bonds is 4. The van der Waals surface area contributed by atoms with Gasteiger partial charge in [0.2, 0.25) is 0 Å². The number of benzene rings is 2. The summed E-state index contributed by atoms with van der Waals surface area (Å²) < 4.78 is 40.2. The van der Waals surface area contributed by atoms with Gasteiger partial charge in [0.25, 0.3) is 0 Å². The third kappa shape index (κ3) is 4.55. The molecule has 3 rings (SSSR count). The molecule has 150 valence electrons. The average molecular weight is 391 g/mol. The second-order valence-corrected chi connectivity index (χ2v) is 6.55. The van der Waals surface area contributed by atoms with Crippen LogP contribution in [0.25, 0.3) is 10.9 Å². The standard InChI is InChI=1S/C20H18F3NO2.C2H6/c1-12(2)24-17(9-13-3-6-16(7-4-13)20(21,22)23)11-15-10-14(19(25)26)5-8-18(15)24;1-2/h3-8,10-12H,9H2,1-2H3,(H,25,26);1-2H3. The number of carbonyl (C=O) groups is 1. The van der Waals surface area contributed by atoms with Crippen LogP contribution in [0, 0.1) is 0 Å². The van der Waals surface area contributed by atoms with Crippen molar-refractivity contribution >= 4 is 16.9 Å². The molecule has 1 aromatic heterocycles. The zero-order chi connectivity index (χ0) is 21.1. The van der Waals surface area contributed by atoms with Crippen LogP contribution in [0.3, 0.4) is 0 Å². The minimum absolute atomic E-state index is 0.132. The second-order valence-electron chi connectivity index (χ2n) is 6.55. The van der Waals surface area contributed by atoms with Crippen LogP contribution in [0.5, 0.6) is 0 Å². The second kappa shape index (κ2) is 8.50. The highest BCUT2D eigenvalue weighted by molar-refractivity contribution is 5.94. The van der Waals surface area contributed by atoms with Gasteiger partial charge in [-0.2, -0.15) is 13.2 Å². The number of aromatic nitrogens is 1. The summed E-state index contributed by atoms with van der Waals surface area (Å²) in [6.07, 6.45) is -3.88. The zero-order valence-corrected chi connectivity index (χ0v) is 16.3. The van der Waals surface area contributed by atoms with Crippen molar-refractivity contribution in [2.75, 3.05) is 0 Å². The van der Waals surface area contributed by atoms with Gasteiger partial charge in [-0.05, 0) is 55.8 Å². The Morgan fingerprint density at radius 1 is 1.04 bits per heavy atom. The molecule has 0 fully saturated rings. The summed E-state index contributed by atoms with van der Waals surface area (Å²) >= 11 is 0. The summed E-state index contributed by atoms with van der Waals surface area (Å²) in [5.74, 6) is -0.992. The van der Waals surface area contributed by atoms with Crippen LogP contribution < -0.4 is 0 Å². The number of carboxylic acids is 1.